The monoisotopic (exact) mass is 265 g/mol. The Labute approximate surface area is 113 Å². The van der Waals surface area contributed by atoms with Crippen molar-refractivity contribution < 1.29 is 9.47 Å². The summed E-state index contributed by atoms with van der Waals surface area (Å²) in [5.74, 6) is 0.838. The zero-order chi connectivity index (χ0) is 12.8. The highest BCUT2D eigenvalue weighted by Crippen LogP contribution is 2.18. The second-order valence-corrected chi connectivity index (χ2v) is 4.68. The number of hydrogen-bond donors (Lipinski definition) is 1. The number of rotatable bonds is 5. The number of hydrogen-bond acceptors (Lipinski definition) is 3. The van der Waals surface area contributed by atoms with Crippen LogP contribution in [0, 0.1) is 0 Å². The van der Waals surface area contributed by atoms with E-state index in [9.17, 15) is 0 Å². The molecule has 1 aliphatic rings. The average Bonchev–Trinajstić information content (AvgIpc) is 2.90. The van der Waals surface area contributed by atoms with Crippen molar-refractivity contribution in [3.63, 3.8) is 0 Å². The molecule has 0 bridgehead atoms. The van der Waals surface area contributed by atoms with Gasteiger partial charge in [0.2, 0.25) is 0 Å². The second kappa shape index (κ2) is 6.71. The lowest BCUT2D eigenvalue weighted by molar-refractivity contribution is 0.114. The smallest absolute Gasteiger partial charge is 0.129 e. The molecular weight excluding hydrogens is 246 g/mol. The van der Waals surface area contributed by atoms with Crippen LogP contribution in [0.5, 0.6) is 5.75 Å². The van der Waals surface area contributed by atoms with Crippen molar-refractivity contribution >= 4 is 17.2 Å². The normalized spacial score (nSPS) is 18.6. The van der Waals surface area contributed by atoms with Crippen molar-refractivity contribution in [2.75, 3.05) is 19.8 Å². The molecule has 1 fully saturated rings. The van der Waals surface area contributed by atoms with Gasteiger partial charge in [-0.25, -0.2) is 0 Å². The van der Waals surface area contributed by atoms with Crippen molar-refractivity contribution in [2.24, 2.45) is 0 Å². The van der Waals surface area contributed by atoms with Gasteiger partial charge in [0, 0.05) is 13.2 Å². The third kappa shape index (κ3) is 3.43. The van der Waals surface area contributed by atoms with Gasteiger partial charge in [0.25, 0.3) is 0 Å². The molecule has 98 valence electrons. The van der Waals surface area contributed by atoms with Crippen LogP contribution in [0.1, 0.15) is 25.3 Å². The van der Waals surface area contributed by atoms with Gasteiger partial charge in [-0.15, -0.1) is 0 Å². The topological polar surface area (TPSA) is 30.5 Å². The van der Waals surface area contributed by atoms with Crippen LogP contribution in [0.4, 0.5) is 0 Å². The molecule has 0 aromatic heterocycles. The van der Waals surface area contributed by atoms with Gasteiger partial charge in [-0.05, 0) is 31.9 Å². The maximum Gasteiger partial charge on any atom is 0.129 e. The van der Waals surface area contributed by atoms with Crippen LogP contribution in [0.25, 0.3) is 0 Å². The molecule has 3 nitrogen and oxygen atoms in total. The highest BCUT2D eigenvalue weighted by atomic mass is 32.1. The minimum atomic E-state index is 0.294. The Hall–Kier alpha value is -1.13. The van der Waals surface area contributed by atoms with Crippen LogP contribution in [0.3, 0.4) is 0 Å². The van der Waals surface area contributed by atoms with Crippen LogP contribution in [0.15, 0.2) is 24.3 Å². The predicted octanol–water partition coefficient (Wildman–Crippen LogP) is 2.53. The summed E-state index contributed by atoms with van der Waals surface area (Å²) in [5.41, 5.74) is 0.951. The van der Waals surface area contributed by atoms with E-state index in [0.717, 1.165) is 42.3 Å². The number of thiocarbonyl (C=S) groups is 1. The molecule has 0 aliphatic carbocycles. The van der Waals surface area contributed by atoms with Gasteiger partial charge in [-0.1, -0.05) is 24.4 Å². The van der Waals surface area contributed by atoms with Crippen molar-refractivity contribution in [2.45, 2.75) is 25.9 Å². The summed E-state index contributed by atoms with van der Waals surface area (Å²) in [6, 6.07) is 7.85. The summed E-state index contributed by atoms with van der Waals surface area (Å²) >= 11 is 5.41. The molecule has 4 heteroatoms. The first-order chi connectivity index (χ1) is 8.81. The summed E-state index contributed by atoms with van der Waals surface area (Å²) in [6.45, 7) is 4.26. The molecule has 1 unspecified atom stereocenters. The van der Waals surface area contributed by atoms with Crippen LogP contribution >= 0.6 is 12.2 Å². The standard InChI is InChI=1S/C14H19NO2S/c1-2-16-13-8-4-3-7-12(13)14(18)15-10-11-6-5-9-17-11/h3-4,7-8,11H,2,5-6,9-10H2,1H3,(H,15,18). The Morgan fingerprint density at radius 2 is 2.33 bits per heavy atom. The van der Waals surface area contributed by atoms with E-state index in [0.29, 0.717) is 12.7 Å². The van der Waals surface area contributed by atoms with Gasteiger partial charge in [0.05, 0.1) is 18.3 Å². The number of benzene rings is 1. The number of para-hydroxylation sites is 1. The lowest BCUT2D eigenvalue weighted by Crippen LogP contribution is -2.31. The van der Waals surface area contributed by atoms with Crippen LogP contribution in [-0.4, -0.2) is 30.9 Å². The van der Waals surface area contributed by atoms with E-state index in [1.165, 1.54) is 0 Å². The minimum absolute atomic E-state index is 0.294. The van der Waals surface area contributed by atoms with E-state index in [-0.39, 0.29) is 0 Å². The second-order valence-electron chi connectivity index (χ2n) is 4.27. The summed E-state index contributed by atoms with van der Waals surface area (Å²) in [5, 5.41) is 3.27. The first kappa shape index (κ1) is 13.3. The first-order valence-electron chi connectivity index (χ1n) is 6.43. The van der Waals surface area contributed by atoms with Crippen molar-refractivity contribution in [1.82, 2.24) is 5.32 Å². The van der Waals surface area contributed by atoms with Crippen LogP contribution in [0.2, 0.25) is 0 Å². The van der Waals surface area contributed by atoms with Crippen molar-refractivity contribution in [3.8, 4) is 5.75 Å². The average molecular weight is 265 g/mol. The molecule has 18 heavy (non-hydrogen) atoms. The van der Waals surface area contributed by atoms with Gasteiger partial charge in [0.1, 0.15) is 10.7 Å². The lowest BCUT2D eigenvalue weighted by atomic mass is 10.2. The van der Waals surface area contributed by atoms with E-state index >= 15 is 0 Å². The fourth-order valence-electron chi connectivity index (χ4n) is 2.04. The summed E-state index contributed by atoms with van der Waals surface area (Å²) in [7, 11) is 0. The molecule has 1 aromatic rings. The van der Waals surface area contributed by atoms with Gasteiger partial charge in [-0.2, -0.15) is 0 Å². The molecule has 1 heterocycles. The zero-order valence-electron chi connectivity index (χ0n) is 10.6. The molecule has 0 saturated carbocycles. The molecule has 0 radical (unpaired) electrons. The van der Waals surface area contributed by atoms with Gasteiger partial charge < -0.3 is 14.8 Å². The summed E-state index contributed by atoms with van der Waals surface area (Å²) in [6.07, 6.45) is 2.55. The third-order valence-electron chi connectivity index (χ3n) is 2.95. The molecule has 1 aliphatic heterocycles. The molecule has 1 saturated heterocycles. The van der Waals surface area contributed by atoms with E-state index in [1.807, 2.05) is 31.2 Å². The fraction of sp³-hybridized carbons (Fsp3) is 0.500. The fourth-order valence-corrected chi connectivity index (χ4v) is 2.29. The molecule has 1 atom stereocenters. The Kier molecular flexibility index (Phi) is 4.96. The Morgan fingerprint density at radius 3 is 3.06 bits per heavy atom. The zero-order valence-corrected chi connectivity index (χ0v) is 11.5. The Morgan fingerprint density at radius 1 is 1.50 bits per heavy atom. The van der Waals surface area contributed by atoms with E-state index < -0.39 is 0 Å². The molecule has 2 rings (SSSR count). The highest BCUT2D eigenvalue weighted by molar-refractivity contribution is 7.80. The quantitative estimate of drug-likeness (QED) is 0.829. The van der Waals surface area contributed by atoms with Crippen LogP contribution < -0.4 is 10.1 Å². The van der Waals surface area contributed by atoms with Gasteiger partial charge >= 0.3 is 0 Å². The van der Waals surface area contributed by atoms with Crippen molar-refractivity contribution in [1.29, 1.82) is 0 Å². The van der Waals surface area contributed by atoms with Gasteiger partial charge in [-0.3, -0.25) is 0 Å². The van der Waals surface area contributed by atoms with E-state index in [1.54, 1.807) is 0 Å². The minimum Gasteiger partial charge on any atom is -0.493 e. The number of nitrogens with one attached hydrogen (secondary N) is 1. The molecular formula is C14H19NO2S. The first-order valence-corrected chi connectivity index (χ1v) is 6.83. The molecule has 0 amide bonds. The van der Waals surface area contributed by atoms with Crippen LogP contribution in [-0.2, 0) is 4.74 Å². The highest BCUT2D eigenvalue weighted by Gasteiger charge is 2.16. The molecule has 1 N–H and O–H groups in total. The maximum absolute atomic E-state index is 5.57. The van der Waals surface area contributed by atoms with E-state index in [4.69, 9.17) is 21.7 Å². The third-order valence-corrected chi connectivity index (χ3v) is 3.31. The van der Waals surface area contributed by atoms with Gasteiger partial charge in [0.15, 0.2) is 0 Å². The molecule has 1 aromatic carbocycles. The maximum atomic E-state index is 5.57. The predicted molar refractivity (Wildman–Crippen MR) is 76.3 cm³/mol. The Balaban J connectivity index is 1.94. The molecule has 0 spiro atoms. The van der Waals surface area contributed by atoms with E-state index in [2.05, 4.69) is 5.32 Å². The SMILES string of the molecule is CCOc1ccccc1C(=S)NCC1CCCO1. The summed E-state index contributed by atoms with van der Waals surface area (Å²) < 4.78 is 11.1. The number of ether oxygens (including phenoxy) is 2. The largest absolute Gasteiger partial charge is 0.493 e. The van der Waals surface area contributed by atoms with Crippen molar-refractivity contribution in [3.05, 3.63) is 29.8 Å². The Bertz CT molecular complexity index is 403. The lowest BCUT2D eigenvalue weighted by Gasteiger charge is -2.15. The summed E-state index contributed by atoms with van der Waals surface area (Å²) in [4.78, 5) is 0.731.